The van der Waals surface area contributed by atoms with Crippen LogP contribution in [0.25, 0.3) is 0 Å². The van der Waals surface area contributed by atoms with Crippen molar-refractivity contribution in [2.45, 2.75) is 44.6 Å². The number of nitrogens with one attached hydrogen (secondary N) is 1. The predicted molar refractivity (Wildman–Crippen MR) is 138 cm³/mol. The minimum Gasteiger partial charge on any atom is -0.345 e. The van der Waals surface area contributed by atoms with Gasteiger partial charge in [-0.15, -0.1) is 10.2 Å². The molecular formula is C27H35N7O2. The van der Waals surface area contributed by atoms with Crippen LogP contribution in [0.2, 0.25) is 0 Å². The Labute approximate surface area is 212 Å². The molecule has 1 aliphatic rings. The summed E-state index contributed by atoms with van der Waals surface area (Å²) >= 11 is 0. The van der Waals surface area contributed by atoms with Gasteiger partial charge in [0.25, 0.3) is 11.8 Å². The van der Waals surface area contributed by atoms with Crippen LogP contribution in [-0.4, -0.2) is 76.5 Å². The Morgan fingerprint density at radius 3 is 1.83 bits per heavy atom. The van der Waals surface area contributed by atoms with Crippen molar-refractivity contribution >= 4 is 11.8 Å². The maximum Gasteiger partial charge on any atom is 0.253 e. The van der Waals surface area contributed by atoms with Crippen LogP contribution in [0.5, 0.6) is 0 Å². The van der Waals surface area contributed by atoms with Crippen LogP contribution in [0.4, 0.5) is 0 Å². The summed E-state index contributed by atoms with van der Waals surface area (Å²) in [6.07, 6.45) is 1.95. The largest absolute Gasteiger partial charge is 0.345 e. The van der Waals surface area contributed by atoms with Gasteiger partial charge in [-0.25, -0.2) is 0 Å². The number of aryl methyl sites for hydroxylation is 2. The van der Waals surface area contributed by atoms with Crippen molar-refractivity contribution in [2.75, 3.05) is 28.2 Å². The van der Waals surface area contributed by atoms with Gasteiger partial charge in [-0.1, -0.05) is 31.2 Å². The summed E-state index contributed by atoms with van der Waals surface area (Å²) < 4.78 is 0. The number of aromatic amines is 1. The topological polar surface area (TPSA) is 121 Å². The van der Waals surface area contributed by atoms with Crippen molar-refractivity contribution < 1.29 is 9.59 Å². The van der Waals surface area contributed by atoms with Crippen molar-refractivity contribution in [3.05, 3.63) is 75.6 Å². The number of tetrazole rings is 1. The molecule has 0 saturated heterocycles. The Bertz CT molecular complexity index is 1190. The van der Waals surface area contributed by atoms with Gasteiger partial charge >= 0.3 is 0 Å². The van der Waals surface area contributed by atoms with Gasteiger partial charge in [0.05, 0.1) is 5.41 Å². The number of benzene rings is 2. The van der Waals surface area contributed by atoms with E-state index in [0.717, 1.165) is 22.3 Å². The summed E-state index contributed by atoms with van der Waals surface area (Å²) in [5.74, 6) is 0.638. The van der Waals surface area contributed by atoms with Crippen molar-refractivity contribution in [2.24, 2.45) is 11.7 Å². The molecule has 0 radical (unpaired) electrons. The molecule has 190 valence electrons. The van der Waals surface area contributed by atoms with Crippen molar-refractivity contribution in [3.8, 4) is 0 Å². The van der Waals surface area contributed by atoms with Crippen LogP contribution in [0.3, 0.4) is 0 Å². The summed E-state index contributed by atoms with van der Waals surface area (Å²) in [5, 5.41) is 15.5. The van der Waals surface area contributed by atoms with Gasteiger partial charge in [0.2, 0.25) is 0 Å². The molecule has 0 aliphatic heterocycles. The third-order valence-corrected chi connectivity index (χ3v) is 7.23. The molecule has 0 spiro atoms. The molecule has 36 heavy (non-hydrogen) atoms. The molecule has 0 saturated carbocycles. The number of carbonyl (C=O) groups is 2. The second kappa shape index (κ2) is 9.81. The van der Waals surface area contributed by atoms with E-state index in [9.17, 15) is 9.59 Å². The first kappa shape index (κ1) is 25.5. The number of nitrogens with two attached hydrogens (primary N) is 1. The number of carbonyl (C=O) groups excluding carboxylic acids is 2. The van der Waals surface area contributed by atoms with Crippen LogP contribution in [0.15, 0.2) is 36.4 Å². The van der Waals surface area contributed by atoms with Crippen LogP contribution in [-0.2, 0) is 18.3 Å². The molecule has 1 aliphatic carbocycles. The monoisotopic (exact) mass is 489 g/mol. The first-order chi connectivity index (χ1) is 17.1. The molecule has 2 amide bonds. The van der Waals surface area contributed by atoms with Gasteiger partial charge in [-0.05, 0) is 71.7 Å². The van der Waals surface area contributed by atoms with Crippen LogP contribution in [0.1, 0.15) is 69.1 Å². The molecule has 2 aromatic carbocycles. The Morgan fingerprint density at radius 1 is 0.944 bits per heavy atom. The van der Waals surface area contributed by atoms with E-state index >= 15 is 0 Å². The summed E-state index contributed by atoms with van der Waals surface area (Å²) in [5.41, 5.74) is 11.3. The molecule has 0 fully saturated rings. The molecule has 3 aromatic rings. The van der Waals surface area contributed by atoms with E-state index in [0.29, 0.717) is 36.2 Å². The Hall–Kier alpha value is -3.59. The lowest BCUT2D eigenvalue weighted by molar-refractivity contribution is 0.0820. The molecule has 4 rings (SSSR count). The van der Waals surface area contributed by atoms with E-state index in [4.69, 9.17) is 5.73 Å². The molecular weight excluding hydrogens is 454 g/mol. The van der Waals surface area contributed by atoms with E-state index in [1.54, 1.807) is 38.0 Å². The number of amides is 2. The maximum absolute atomic E-state index is 12.8. The number of rotatable bonds is 6. The zero-order valence-corrected chi connectivity index (χ0v) is 21.9. The second-order valence-electron chi connectivity index (χ2n) is 10.4. The standard InChI is InChI=1S/C27H35N7O2/c1-16(2)23(28)15-27(26-29-31-32-30-26)21-11-9-19(24(35)33(3)4)13-17(21)7-8-18-14-20(10-12-22(18)27)25(36)34(5)6/h9-14,16,23H,7-8,15,28H2,1-6H3,(H,29,30,31,32)/t23-/m0/s1. The SMILES string of the molecule is CC(C)[C@@H](N)CC1(c2nn[nH]n2)c2ccc(C(=O)N(C)C)cc2CCc2cc(C(=O)N(C)C)ccc21. The lowest BCUT2D eigenvalue weighted by atomic mass is 9.66. The highest BCUT2D eigenvalue weighted by molar-refractivity contribution is 5.95. The first-order valence-corrected chi connectivity index (χ1v) is 12.3. The second-order valence-corrected chi connectivity index (χ2v) is 10.4. The van der Waals surface area contributed by atoms with E-state index in [1.807, 2.05) is 36.4 Å². The fourth-order valence-corrected chi connectivity index (χ4v) is 5.11. The number of nitrogens with zero attached hydrogens (tertiary/aromatic N) is 5. The molecule has 1 heterocycles. The third kappa shape index (κ3) is 4.39. The zero-order valence-electron chi connectivity index (χ0n) is 21.9. The average molecular weight is 490 g/mol. The molecule has 3 N–H and O–H groups in total. The fraction of sp³-hybridized carbons (Fsp3) is 0.444. The van der Waals surface area contributed by atoms with E-state index in [-0.39, 0.29) is 23.8 Å². The fourth-order valence-electron chi connectivity index (χ4n) is 5.11. The zero-order chi connectivity index (χ0) is 26.2. The first-order valence-electron chi connectivity index (χ1n) is 12.3. The van der Waals surface area contributed by atoms with Crippen molar-refractivity contribution in [3.63, 3.8) is 0 Å². The number of hydrogen-bond acceptors (Lipinski definition) is 6. The highest BCUT2D eigenvalue weighted by atomic mass is 16.2. The lowest BCUT2D eigenvalue weighted by Gasteiger charge is -2.37. The molecule has 1 aromatic heterocycles. The minimum absolute atomic E-state index is 0.0533. The number of fused-ring (bicyclic) bond motifs is 2. The third-order valence-electron chi connectivity index (χ3n) is 7.23. The van der Waals surface area contributed by atoms with Crippen LogP contribution in [0, 0.1) is 5.92 Å². The quantitative estimate of drug-likeness (QED) is 0.549. The summed E-state index contributed by atoms with van der Waals surface area (Å²) in [4.78, 5) is 28.8. The number of aromatic nitrogens is 4. The summed E-state index contributed by atoms with van der Waals surface area (Å²) in [6, 6.07) is 11.6. The van der Waals surface area contributed by atoms with Crippen molar-refractivity contribution in [1.29, 1.82) is 0 Å². The van der Waals surface area contributed by atoms with E-state index < -0.39 is 5.41 Å². The average Bonchev–Trinajstić information content (AvgIpc) is 3.36. The highest BCUT2D eigenvalue weighted by Gasteiger charge is 2.46. The van der Waals surface area contributed by atoms with Gasteiger partial charge < -0.3 is 15.5 Å². The number of hydrogen-bond donors (Lipinski definition) is 2. The van der Waals surface area contributed by atoms with Gasteiger partial charge in [-0.2, -0.15) is 5.21 Å². The molecule has 9 heteroatoms. The summed E-state index contributed by atoms with van der Waals surface area (Å²) in [6.45, 7) is 4.20. The molecule has 9 nitrogen and oxygen atoms in total. The Kier molecular flexibility index (Phi) is 6.95. The van der Waals surface area contributed by atoms with Gasteiger partial charge in [0.15, 0.2) is 5.82 Å². The van der Waals surface area contributed by atoms with Gasteiger partial charge in [-0.3, -0.25) is 9.59 Å². The number of H-pyrrole nitrogens is 1. The van der Waals surface area contributed by atoms with E-state index in [1.165, 1.54) is 0 Å². The lowest BCUT2D eigenvalue weighted by Crippen LogP contribution is -2.41. The Balaban J connectivity index is 2.02. The van der Waals surface area contributed by atoms with Crippen molar-refractivity contribution in [1.82, 2.24) is 30.4 Å². The van der Waals surface area contributed by atoms with Gasteiger partial charge in [0.1, 0.15) is 0 Å². The summed E-state index contributed by atoms with van der Waals surface area (Å²) in [7, 11) is 6.99. The van der Waals surface area contributed by atoms with Crippen LogP contribution < -0.4 is 5.73 Å². The van der Waals surface area contributed by atoms with Gasteiger partial charge in [0, 0.05) is 45.4 Å². The van der Waals surface area contributed by atoms with E-state index in [2.05, 4.69) is 34.5 Å². The van der Waals surface area contributed by atoms with Crippen LogP contribution >= 0.6 is 0 Å². The normalized spacial score (nSPS) is 15.0. The molecule has 0 bridgehead atoms. The molecule has 1 atom stereocenters. The predicted octanol–water partition coefficient (Wildman–Crippen LogP) is 2.41. The Morgan fingerprint density at radius 2 is 1.44 bits per heavy atom. The highest BCUT2D eigenvalue weighted by Crippen LogP contribution is 2.47. The molecule has 0 unspecified atom stereocenters. The minimum atomic E-state index is -0.794. The smallest absolute Gasteiger partial charge is 0.253 e. The maximum atomic E-state index is 12.8.